The number of hydrogen-bond donors (Lipinski definition) is 2. The lowest BCUT2D eigenvalue weighted by molar-refractivity contribution is 0.148. The van der Waals surface area contributed by atoms with Gasteiger partial charge in [-0.3, -0.25) is 0 Å². The van der Waals surface area contributed by atoms with Gasteiger partial charge in [0.1, 0.15) is 0 Å². The topological polar surface area (TPSA) is 92.9 Å². The zero-order chi connectivity index (χ0) is 9.80. The number of carbonyl (C=O) groups excluding carboxylic acids is 1. The van der Waals surface area contributed by atoms with Gasteiger partial charge in [-0.05, 0) is 0 Å². The highest BCUT2D eigenvalue weighted by molar-refractivity contribution is 5.65. The molecule has 0 aromatic carbocycles. The Morgan fingerprint density at radius 2 is 1.57 bits per heavy atom. The average Bonchev–Trinajstić information content (AvgIpc) is 2.76. The molecule has 0 amide bonds. The third-order valence-corrected chi connectivity index (χ3v) is 1.34. The Balaban J connectivity index is 1.91. The van der Waals surface area contributed by atoms with E-state index in [9.17, 15) is 4.79 Å². The van der Waals surface area contributed by atoms with Crippen LogP contribution in [0.25, 0.3) is 0 Å². The van der Waals surface area contributed by atoms with Gasteiger partial charge in [-0.2, -0.15) is 10.2 Å². The van der Waals surface area contributed by atoms with Crippen LogP contribution >= 0.6 is 0 Å². The maximum Gasteiger partial charge on any atom is 0.522 e. The second-order valence-corrected chi connectivity index (χ2v) is 2.30. The first kappa shape index (κ1) is 8.30. The van der Waals surface area contributed by atoms with Gasteiger partial charge in [-0.25, -0.2) is 15.0 Å². The Labute approximate surface area is 78.0 Å². The molecule has 2 heterocycles. The number of H-pyrrole nitrogens is 2. The van der Waals surface area contributed by atoms with Crippen molar-refractivity contribution in [1.29, 1.82) is 0 Å². The van der Waals surface area contributed by atoms with Crippen LogP contribution in [0.4, 0.5) is 4.79 Å². The molecular formula is C7H6N4O3. The van der Waals surface area contributed by atoms with Crippen molar-refractivity contribution in [3.8, 4) is 11.8 Å². The normalized spacial score (nSPS) is 9.71. The summed E-state index contributed by atoms with van der Waals surface area (Å²) in [5.41, 5.74) is 0. The lowest BCUT2D eigenvalue weighted by atomic mass is 10.7. The fourth-order valence-corrected chi connectivity index (χ4v) is 0.800. The van der Waals surface area contributed by atoms with E-state index >= 15 is 0 Å². The smallest absolute Gasteiger partial charge is 0.376 e. The van der Waals surface area contributed by atoms with Crippen LogP contribution in [0.3, 0.4) is 0 Å². The highest BCUT2D eigenvalue weighted by atomic mass is 16.7. The number of aromatic nitrogens is 4. The minimum atomic E-state index is -0.862. The third kappa shape index (κ3) is 1.89. The molecule has 0 aliphatic rings. The van der Waals surface area contributed by atoms with E-state index in [0.29, 0.717) is 0 Å². The van der Waals surface area contributed by atoms with Gasteiger partial charge in [0.15, 0.2) is 0 Å². The molecule has 7 heteroatoms. The van der Waals surface area contributed by atoms with E-state index in [1.54, 1.807) is 0 Å². The van der Waals surface area contributed by atoms with E-state index in [4.69, 9.17) is 9.47 Å². The highest BCUT2D eigenvalue weighted by Crippen LogP contribution is 2.07. The van der Waals surface area contributed by atoms with Crippen molar-refractivity contribution >= 4 is 6.16 Å². The standard InChI is InChI=1S/C7H6N4O3/c12-7(13-5-1-3-8-10-5)14-6-2-4-9-11-6/h1-4H,(H,8,10)(H,9,11). The molecule has 0 aliphatic carbocycles. The number of nitrogens with zero attached hydrogens (tertiary/aromatic N) is 2. The van der Waals surface area contributed by atoms with Crippen molar-refractivity contribution < 1.29 is 14.3 Å². The molecule has 2 N–H and O–H groups in total. The van der Waals surface area contributed by atoms with Crippen LogP contribution in [-0.2, 0) is 0 Å². The number of carbonyl (C=O) groups is 1. The minimum Gasteiger partial charge on any atom is -0.376 e. The molecule has 0 aliphatic heterocycles. The van der Waals surface area contributed by atoms with Gasteiger partial charge in [0.2, 0.25) is 11.8 Å². The van der Waals surface area contributed by atoms with Crippen LogP contribution in [-0.4, -0.2) is 26.6 Å². The van der Waals surface area contributed by atoms with E-state index in [1.807, 2.05) is 0 Å². The Morgan fingerprint density at radius 3 is 1.93 bits per heavy atom. The quantitative estimate of drug-likeness (QED) is 0.686. The molecule has 0 fully saturated rings. The summed E-state index contributed by atoms with van der Waals surface area (Å²) in [6.45, 7) is 0. The third-order valence-electron chi connectivity index (χ3n) is 1.34. The fourth-order valence-electron chi connectivity index (χ4n) is 0.800. The first-order valence-corrected chi connectivity index (χ1v) is 3.73. The Hall–Kier alpha value is -2.31. The van der Waals surface area contributed by atoms with Crippen molar-refractivity contribution in [3.05, 3.63) is 24.5 Å². The van der Waals surface area contributed by atoms with Gasteiger partial charge in [0.25, 0.3) is 0 Å². The highest BCUT2D eigenvalue weighted by Gasteiger charge is 2.08. The van der Waals surface area contributed by atoms with E-state index in [-0.39, 0.29) is 11.8 Å². The summed E-state index contributed by atoms with van der Waals surface area (Å²) in [6.07, 6.45) is 2.05. The number of hydrogen-bond acceptors (Lipinski definition) is 5. The molecular weight excluding hydrogens is 188 g/mol. The molecule has 2 aromatic heterocycles. The molecule has 72 valence electrons. The number of ether oxygens (including phenoxy) is 2. The molecule has 0 atom stereocenters. The summed E-state index contributed by atoms with van der Waals surface area (Å²) in [4.78, 5) is 11.0. The molecule has 2 rings (SSSR count). The maximum atomic E-state index is 11.0. The summed E-state index contributed by atoms with van der Waals surface area (Å²) < 4.78 is 9.40. The molecule has 2 aromatic rings. The number of aromatic amines is 2. The SMILES string of the molecule is O=C(Oc1ccn[nH]1)Oc1ccn[nH]1. The molecule has 0 radical (unpaired) electrons. The van der Waals surface area contributed by atoms with Crippen LogP contribution in [0.5, 0.6) is 11.8 Å². The van der Waals surface area contributed by atoms with Crippen molar-refractivity contribution in [2.75, 3.05) is 0 Å². The van der Waals surface area contributed by atoms with Gasteiger partial charge in [0, 0.05) is 12.1 Å². The Kier molecular flexibility index (Phi) is 2.14. The summed E-state index contributed by atoms with van der Waals surface area (Å²) in [7, 11) is 0. The van der Waals surface area contributed by atoms with Gasteiger partial charge in [0.05, 0.1) is 12.4 Å². The summed E-state index contributed by atoms with van der Waals surface area (Å²) >= 11 is 0. The van der Waals surface area contributed by atoms with E-state index in [1.165, 1.54) is 24.5 Å². The van der Waals surface area contributed by atoms with Crippen molar-refractivity contribution in [2.24, 2.45) is 0 Å². The number of nitrogens with one attached hydrogen (secondary N) is 2. The predicted molar refractivity (Wildman–Crippen MR) is 43.8 cm³/mol. The minimum absolute atomic E-state index is 0.217. The first-order chi connectivity index (χ1) is 6.84. The van der Waals surface area contributed by atoms with Gasteiger partial charge in [-0.1, -0.05) is 0 Å². The molecule has 0 bridgehead atoms. The van der Waals surface area contributed by atoms with Crippen molar-refractivity contribution in [2.45, 2.75) is 0 Å². The van der Waals surface area contributed by atoms with Gasteiger partial charge in [-0.15, -0.1) is 0 Å². The second-order valence-electron chi connectivity index (χ2n) is 2.30. The maximum absolute atomic E-state index is 11.0. The van der Waals surface area contributed by atoms with Crippen LogP contribution in [0, 0.1) is 0 Å². The second kappa shape index (κ2) is 3.60. The zero-order valence-electron chi connectivity index (χ0n) is 6.93. The fraction of sp³-hybridized carbons (Fsp3) is 0. The number of rotatable bonds is 2. The Bertz CT molecular complexity index is 356. The Morgan fingerprint density at radius 1 is 1.07 bits per heavy atom. The molecule has 0 saturated heterocycles. The molecule has 14 heavy (non-hydrogen) atoms. The molecule has 7 nitrogen and oxygen atoms in total. The largest absolute Gasteiger partial charge is 0.522 e. The van der Waals surface area contributed by atoms with Crippen LogP contribution in [0.15, 0.2) is 24.5 Å². The lowest BCUT2D eigenvalue weighted by Crippen LogP contribution is -2.14. The van der Waals surface area contributed by atoms with Crippen molar-refractivity contribution in [3.63, 3.8) is 0 Å². The van der Waals surface area contributed by atoms with E-state index < -0.39 is 6.16 Å². The summed E-state index contributed by atoms with van der Waals surface area (Å²) in [5.74, 6) is 0.434. The van der Waals surface area contributed by atoms with Crippen molar-refractivity contribution in [1.82, 2.24) is 20.4 Å². The van der Waals surface area contributed by atoms with Crippen LogP contribution in [0.1, 0.15) is 0 Å². The summed E-state index contributed by atoms with van der Waals surface area (Å²) in [5, 5.41) is 12.1. The molecule has 0 unspecified atom stereocenters. The van der Waals surface area contributed by atoms with E-state index in [2.05, 4.69) is 20.4 Å². The van der Waals surface area contributed by atoms with E-state index in [0.717, 1.165) is 0 Å². The van der Waals surface area contributed by atoms with Crippen LogP contribution < -0.4 is 9.47 Å². The molecule has 0 spiro atoms. The summed E-state index contributed by atoms with van der Waals surface area (Å²) in [6, 6.07) is 2.99. The monoisotopic (exact) mass is 194 g/mol. The van der Waals surface area contributed by atoms with Gasteiger partial charge >= 0.3 is 6.16 Å². The van der Waals surface area contributed by atoms with Gasteiger partial charge < -0.3 is 9.47 Å². The van der Waals surface area contributed by atoms with Crippen LogP contribution in [0.2, 0.25) is 0 Å². The zero-order valence-corrected chi connectivity index (χ0v) is 6.93. The lowest BCUT2D eigenvalue weighted by Gasteiger charge is -1.99. The average molecular weight is 194 g/mol. The predicted octanol–water partition coefficient (Wildman–Crippen LogP) is 0.711. The molecule has 0 saturated carbocycles. The first-order valence-electron chi connectivity index (χ1n) is 3.73.